The van der Waals surface area contributed by atoms with Crippen LogP contribution in [0.25, 0.3) is 0 Å². The molecule has 0 spiro atoms. The van der Waals surface area contributed by atoms with Gasteiger partial charge in [-0.2, -0.15) is 0 Å². The lowest BCUT2D eigenvalue weighted by molar-refractivity contribution is 0.0818. The van der Waals surface area contributed by atoms with Crippen LogP contribution in [0.4, 0.5) is 8.78 Å². The Morgan fingerprint density at radius 3 is 3.00 bits per heavy atom. The summed E-state index contributed by atoms with van der Waals surface area (Å²) >= 11 is 0. The molecule has 1 aliphatic rings. The molecule has 1 N–H and O–H groups in total. The van der Waals surface area contributed by atoms with Gasteiger partial charge in [-0.25, -0.2) is 13.8 Å². The second-order valence-electron chi connectivity index (χ2n) is 6.13. The Labute approximate surface area is 148 Å². The van der Waals surface area contributed by atoms with Crippen molar-refractivity contribution >= 4 is 5.96 Å². The third kappa shape index (κ3) is 6.86. The highest BCUT2D eigenvalue weighted by molar-refractivity contribution is 5.79. The van der Waals surface area contributed by atoms with Crippen molar-refractivity contribution in [2.75, 3.05) is 40.0 Å². The van der Waals surface area contributed by atoms with Gasteiger partial charge in [0.2, 0.25) is 0 Å². The summed E-state index contributed by atoms with van der Waals surface area (Å²) in [7, 11) is 2.02. The maximum Gasteiger partial charge on any atom is 0.272 e. The van der Waals surface area contributed by atoms with Gasteiger partial charge in [-0.3, -0.25) is 0 Å². The minimum Gasteiger partial charge on any atom is -0.488 e. The molecule has 0 bridgehead atoms. The predicted octanol–water partition coefficient (Wildman–Crippen LogP) is 2.76. The number of hydrogen-bond acceptors (Lipinski definition) is 3. The van der Waals surface area contributed by atoms with E-state index in [2.05, 4.69) is 15.2 Å². The molecule has 5 nitrogen and oxygen atoms in total. The molecule has 1 unspecified atom stereocenters. The molecule has 1 fully saturated rings. The van der Waals surface area contributed by atoms with Crippen molar-refractivity contribution < 1.29 is 18.3 Å². The van der Waals surface area contributed by atoms with Crippen LogP contribution in [0.1, 0.15) is 18.9 Å². The van der Waals surface area contributed by atoms with E-state index in [4.69, 9.17) is 9.47 Å². The summed E-state index contributed by atoms with van der Waals surface area (Å²) in [6.45, 7) is 5.19. The quantitative estimate of drug-likeness (QED) is 0.575. The summed E-state index contributed by atoms with van der Waals surface area (Å²) in [4.78, 5) is 6.76. The molecular formula is C18H27F2N3O2. The number of halogens is 2. The van der Waals surface area contributed by atoms with Crippen LogP contribution in [0.15, 0.2) is 29.3 Å². The SMILES string of the molecule is CCNC(=NCc1cccc(OCC(F)F)c1)N(C)CC1CCOC1. The van der Waals surface area contributed by atoms with E-state index in [0.717, 1.165) is 44.2 Å². The van der Waals surface area contributed by atoms with Crippen molar-refractivity contribution in [3.05, 3.63) is 29.8 Å². The molecule has 2 rings (SSSR count). The zero-order chi connectivity index (χ0) is 18.1. The van der Waals surface area contributed by atoms with E-state index in [9.17, 15) is 8.78 Å². The average molecular weight is 355 g/mol. The fourth-order valence-electron chi connectivity index (χ4n) is 2.73. The number of nitrogens with one attached hydrogen (secondary N) is 1. The normalized spacial score (nSPS) is 17.8. The molecular weight excluding hydrogens is 328 g/mol. The zero-order valence-corrected chi connectivity index (χ0v) is 14.9. The highest BCUT2D eigenvalue weighted by Crippen LogP contribution is 2.16. The van der Waals surface area contributed by atoms with Gasteiger partial charge in [0.05, 0.1) is 13.2 Å². The van der Waals surface area contributed by atoms with E-state index in [1.807, 2.05) is 20.0 Å². The van der Waals surface area contributed by atoms with E-state index in [-0.39, 0.29) is 0 Å². The number of hydrogen-bond donors (Lipinski definition) is 1. The second-order valence-corrected chi connectivity index (χ2v) is 6.13. The number of rotatable bonds is 8. The summed E-state index contributed by atoms with van der Waals surface area (Å²) < 4.78 is 35.0. The van der Waals surface area contributed by atoms with E-state index >= 15 is 0 Å². The lowest BCUT2D eigenvalue weighted by Gasteiger charge is -2.24. The molecule has 1 atom stereocenters. The van der Waals surface area contributed by atoms with Gasteiger partial charge in [0.25, 0.3) is 6.43 Å². The monoisotopic (exact) mass is 355 g/mol. The van der Waals surface area contributed by atoms with E-state index in [1.54, 1.807) is 18.2 Å². The maximum absolute atomic E-state index is 12.2. The Morgan fingerprint density at radius 1 is 1.48 bits per heavy atom. The molecule has 1 aliphatic heterocycles. The summed E-state index contributed by atoms with van der Waals surface area (Å²) in [6.07, 6.45) is -1.40. The van der Waals surface area contributed by atoms with Crippen LogP contribution in [-0.2, 0) is 11.3 Å². The van der Waals surface area contributed by atoms with Gasteiger partial charge in [0.1, 0.15) is 12.4 Å². The van der Waals surface area contributed by atoms with E-state index in [0.29, 0.717) is 18.2 Å². The van der Waals surface area contributed by atoms with Crippen molar-refractivity contribution in [2.45, 2.75) is 26.3 Å². The van der Waals surface area contributed by atoms with Crippen molar-refractivity contribution in [3.63, 3.8) is 0 Å². The number of benzene rings is 1. The first-order valence-corrected chi connectivity index (χ1v) is 8.65. The van der Waals surface area contributed by atoms with Gasteiger partial charge < -0.3 is 19.7 Å². The third-order valence-corrected chi connectivity index (χ3v) is 3.94. The van der Waals surface area contributed by atoms with Crippen molar-refractivity contribution in [1.29, 1.82) is 0 Å². The van der Waals surface area contributed by atoms with Crippen LogP contribution in [0.3, 0.4) is 0 Å². The first-order valence-electron chi connectivity index (χ1n) is 8.65. The van der Waals surface area contributed by atoms with Gasteiger partial charge >= 0.3 is 0 Å². The van der Waals surface area contributed by atoms with Crippen LogP contribution in [0.5, 0.6) is 5.75 Å². The van der Waals surface area contributed by atoms with Gasteiger partial charge in [0.15, 0.2) is 5.96 Å². The first kappa shape index (κ1) is 19.4. The topological polar surface area (TPSA) is 46.1 Å². The number of guanidine groups is 1. The molecule has 1 heterocycles. The van der Waals surface area contributed by atoms with Crippen LogP contribution in [0, 0.1) is 5.92 Å². The largest absolute Gasteiger partial charge is 0.488 e. The summed E-state index contributed by atoms with van der Waals surface area (Å²) in [6, 6.07) is 7.12. The smallest absolute Gasteiger partial charge is 0.272 e. The molecule has 0 amide bonds. The summed E-state index contributed by atoms with van der Waals surface area (Å²) in [5.74, 6) is 1.79. The Morgan fingerprint density at radius 2 is 2.32 bits per heavy atom. The maximum atomic E-state index is 12.2. The number of alkyl halides is 2. The highest BCUT2D eigenvalue weighted by Gasteiger charge is 2.19. The molecule has 1 saturated heterocycles. The van der Waals surface area contributed by atoms with Gasteiger partial charge in [-0.05, 0) is 31.0 Å². The molecule has 0 aromatic heterocycles. The highest BCUT2D eigenvalue weighted by atomic mass is 19.3. The number of aliphatic imine (C=N–C) groups is 1. The second kappa shape index (κ2) is 10.2. The molecule has 25 heavy (non-hydrogen) atoms. The molecule has 140 valence electrons. The van der Waals surface area contributed by atoms with E-state index < -0.39 is 13.0 Å². The number of nitrogens with zero attached hydrogens (tertiary/aromatic N) is 2. The molecule has 0 saturated carbocycles. The lowest BCUT2D eigenvalue weighted by atomic mass is 10.1. The van der Waals surface area contributed by atoms with Crippen LogP contribution < -0.4 is 10.1 Å². The zero-order valence-electron chi connectivity index (χ0n) is 14.9. The summed E-state index contributed by atoms with van der Waals surface area (Å²) in [5.41, 5.74) is 0.916. The average Bonchev–Trinajstić information content (AvgIpc) is 3.10. The number of ether oxygens (including phenoxy) is 2. The molecule has 0 aliphatic carbocycles. The van der Waals surface area contributed by atoms with Gasteiger partial charge in [0, 0.05) is 32.7 Å². The first-order chi connectivity index (χ1) is 12.1. The third-order valence-electron chi connectivity index (χ3n) is 3.94. The molecule has 7 heteroatoms. The minimum absolute atomic E-state index is 0.439. The fourth-order valence-corrected chi connectivity index (χ4v) is 2.73. The van der Waals surface area contributed by atoms with Crippen molar-refractivity contribution in [1.82, 2.24) is 10.2 Å². The Bertz CT molecular complexity index is 549. The Kier molecular flexibility index (Phi) is 7.91. The van der Waals surface area contributed by atoms with Gasteiger partial charge in [-0.1, -0.05) is 12.1 Å². The predicted molar refractivity (Wildman–Crippen MR) is 94.3 cm³/mol. The molecule has 0 radical (unpaired) electrons. The standard InChI is InChI=1S/C18H27F2N3O2/c1-3-21-18(23(2)11-15-7-8-24-12-15)22-10-14-5-4-6-16(9-14)25-13-17(19)20/h4-6,9,15,17H,3,7-8,10-13H2,1-2H3,(H,21,22). The minimum atomic E-state index is -2.48. The fraction of sp³-hybridized carbons (Fsp3) is 0.611. The Hall–Kier alpha value is -1.89. The Balaban J connectivity index is 1.96. The van der Waals surface area contributed by atoms with Crippen molar-refractivity contribution in [3.8, 4) is 5.75 Å². The van der Waals surface area contributed by atoms with Gasteiger partial charge in [-0.15, -0.1) is 0 Å². The van der Waals surface area contributed by atoms with Crippen LogP contribution >= 0.6 is 0 Å². The summed E-state index contributed by atoms with van der Waals surface area (Å²) in [5, 5.41) is 3.29. The van der Waals surface area contributed by atoms with Crippen LogP contribution in [0.2, 0.25) is 0 Å². The van der Waals surface area contributed by atoms with E-state index in [1.165, 1.54) is 0 Å². The lowest BCUT2D eigenvalue weighted by Crippen LogP contribution is -2.41. The molecule has 1 aromatic carbocycles. The molecule has 1 aromatic rings. The van der Waals surface area contributed by atoms with Crippen molar-refractivity contribution in [2.24, 2.45) is 10.9 Å². The van der Waals surface area contributed by atoms with Crippen LogP contribution in [-0.4, -0.2) is 57.2 Å².